The fourth-order valence-electron chi connectivity index (χ4n) is 3.56. The van der Waals surface area contributed by atoms with Gasteiger partial charge in [0, 0.05) is 31.6 Å². The Morgan fingerprint density at radius 2 is 1.77 bits per heavy atom. The van der Waals surface area contributed by atoms with Crippen LogP contribution in [0, 0.1) is 0 Å². The molecule has 1 aromatic carbocycles. The minimum absolute atomic E-state index is 0.356. The number of nitrogens with zero attached hydrogens (tertiary/aromatic N) is 4. The minimum Gasteiger partial charge on any atom is -0.353 e. The van der Waals surface area contributed by atoms with Gasteiger partial charge in [0.05, 0.1) is 19.2 Å². The zero-order valence-corrected chi connectivity index (χ0v) is 20.8. The van der Waals surface area contributed by atoms with E-state index < -0.39 is 10.0 Å². The summed E-state index contributed by atoms with van der Waals surface area (Å²) in [5.41, 5.74) is 0.838. The SMILES string of the molecule is O=S(=O)(c1ccc(Br)s1)N1CCN(c2nc(-c3sccc3Cl)nc3ccccc23)CC1. The maximum absolute atomic E-state index is 13.0. The van der Waals surface area contributed by atoms with Crippen molar-refractivity contribution in [3.63, 3.8) is 0 Å². The van der Waals surface area contributed by atoms with Crippen LogP contribution in [-0.2, 0) is 10.0 Å². The number of para-hydroxylation sites is 1. The van der Waals surface area contributed by atoms with Crippen LogP contribution in [-0.4, -0.2) is 48.9 Å². The van der Waals surface area contributed by atoms with Gasteiger partial charge >= 0.3 is 0 Å². The molecule has 1 saturated heterocycles. The average Bonchev–Trinajstić information content (AvgIpc) is 3.41. The molecule has 4 aromatic rings. The van der Waals surface area contributed by atoms with E-state index in [-0.39, 0.29) is 0 Å². The van der Waals surface area contributed by atoms with Crippen molar-refractivity contribution in [2.45, 2.75) is 4.21 Å². The summed E-state index contributed by atoms with van der Waals surface area (Å²) < 4.78 is 28.6. The lowest BCUT2D eigenvalue weighted by atomic mass is 10.2. The predicted molar refractivity (Wildman–Crippen MR) is 131 cm³/mol. The van der Waals surface area contributed by atoms with Crippen LogP contribution in [0.4, 0.5) is 5.82 Å². The van der Waals surface area contributed by atoms with Gasteiger partial charge in [0.1, 0.15) is 10.0 Å². The Morgan fingerprint density at radius 3 is 2.45 bits per heavy atom. The van der Waals surface area contributed by atoms with E-state index in [1.807, 2.05) is 35.7 Å². The number of anilines is 1. The first-order chi connectivity index (χ1) is 14.9. The molecule has 0 atom stereocenters. The molecule has 0 aliphatic carbocycles. The first kappa shape index (κ1) is 21.3. The second-order valence-corrected chi connectivity index (χ2v) is 12.9. The quantitative estimate of drug-likeness (QED) is 0.340. The Labute approximate surface area is 201 Å². The van der Waals surface area contributed by atoms with Crippen molar-refractivity contribution in [3.05, 3.63) is 56.7 Å². The third kappa shape index (κ3) is 4.01. The number of benzene rings is 1. The largest absolute Gasteiger partial charge is 0.353 e. The van der Waals surface area contributed by atoms with Gasteiger partial charge in [0.2, 0.25) is 0 Å². The van der Waals surface area contributed by atoms with Gasteiger partial charge in [-0.15, -0.1) is 22.7 Å². The van der Waals surface area contributed by atoms with Gasteiger partial charge in [-0.05, 0) is 51.6 Å². The molecule has 0 N–H and O–H groups in total. The summed E-state index contributed by atoms with van der Waals surface area (Å²) in [6.07, 6.45) is 0. The highest BCUT2D eigenvalue weighted by Crippen LogP contribution is 2.35. The number of hydrogen-bond acceptors (Lipinski definition) is 7. The molecule has 3 aromatic heterocycles. The highest BCUT2D eigenvalue weighted by Gasteiger charge is 2.31. The molecule has 11 heteroatoms. The lowest BCUT2D eigenvalue weighted by Gasteiger charge is -2.35. The maximum Gasteiger partial charge on any atom is 0.252 e. The molecule has 0 amide bonds. The average molecular weight is 556 g/mol. The van der Waals surface area contributed by atoms with Gasteiger partial charge in [-0.1, -0.05) is 23.7 Å². The van der Waals surface area contributed by atoms with Gasteiger partial charge in [0.25, 0.3) is 10.0 Å². The number of fused-ring (bicyclic) bond motifs is 1. The normalized spacial score (nSPS) is 15.6. The zero-order valence-electron chi connectivity index (χ0n) is 16.0. The van der Waals surface area contributed by atoms with Gasteiger partial charge in [0.15, 0.2) is 5.82 Å². The molecule has 6 nitrogen and oxygen atoms in total. The fraction of sp³-hybridized carbons (Fsp3) is 0.200. The van der Waals surface area contributed by atoms with Crippen molar-refractivity contribution in [2.24, 2.45) is 0 Å². The molecule has 4 heterocycles. The van der Waals surface area contributed by atoms with Gasteiger partial charge in [-0.3, -0.25) is 0 Å². The number of rotatable bonds is 4. The molecule has 0 spiro atoms. The number of piperazine rings is 1. The Morgan fingerprint density at radius 1 is 1.00 bits per heavy atom. The van der Waals surface area contributed by atoms with E-state index >= 15 is 0 Å². The lowest BCUT2D eigenvalue weighted by molar-refractivity contribution is 0.385. The topological polar surface area (TPSA) is 66.4 Å². The number of hydrogen-bond donors (Lipinski definition) is 0. The van der Waals surface area contributed by atoms with Crippen LogP contribution in [0.5, 0.6) is 0 Å². The van der Waals surface area contributed by atoms with E-state index in [9.17, 15) is 8.42 Å². The molecule has 0 saturated carbocycles. The monoisotopic (exact) mass is 554 g/mol. The summed E-state index contributed by atoms with van der Waals surface area (Å²) in [6, 6.07) is 13.1. The molecule has 160 valence electrons. The number of sulfonamides is 1. The van der Waals surface area contributed by atoms with Crippen molar-refractivity contribution in [1.29, 1.82) is 0 Å². The lowest BCUT2D eigenvalue weighted by Crippen LogP contribution is -2.48. The zero-order chi connectivity index (χ0) is 21.6. The van der Waals surface area contributed by atoms with Crippen LogP contribution in [0.3, 0.4) is 0 Å². The predicted octanol–water partition coefficient (Wildman–Crippen LogP) is 5.35. The molecule has 0 bridgehead atoms. The van der Waals surface area contributed by atoms with Crippen molar-refractivity contribution < 1.29 is 8.42 Å². The number of aromatic nitrogens is 2. The summed E-state index contributed by atoms with van der Waals surface area (Å²) in [6.45, 7) is 1.88. The molecule has 1 aliphatic heterocycles. The molecular formula is C20H16BrClN4O2S3. The minimum atomic E-state index is -3.49. The van der Waals surface area contributed by atoms with E-state index in [2.05, 4.69) is 20.8 Å². The van der Waals surface area contributed by atoms with Crippen LogP contribution < -0.4 is 4.90 Å². The van der Waals surface area contributed by atoms with E-state index in [0.29, 0.717) is 41.2 Å². The van der Waals surface area contributed by atoms with E-state index in [1.165, 1.54) is 22.7 Å². The highest BCUT2D eigenvalue weighted by atomic mass is 79.9. The van der Waals surface area contributed by atoms with Gasteiger partial charge in [-0.25, -0.2) is 18.4 Å². The Hall–Kier alpha value is -1.56. The van der Waals surface area contributed by atoms with Gasteiger partial charge in [-0.2, -0.15) is 4.31 Å². The molecule has 1 aliphatic rings. The summed E-state index contributed by atoms with van der Waals surface area (Å²) in [4.78, 5) is 12.5. The third-order valence-corrected chi connectivity index (χ3v) is 10.4. The number of halogens is 2. The third-order valence-electron chi connectivity index (χ3n) is 5.08. The molecule has 5 rings (SSSR count). The second kappa shape index (κ2) is 8.42. The van der Waals surface area contributed by atoms with Crippen LogP contribution in [0.15, 0.2) is 55.8 Å². The van der Waals surface area contributed by atoms with Gasteiger partial charge < -0.3 is 4.90 Å². The van der Waals surface area contributed by atoms with Crippen LogP contribution in [0.1, 0.15) is 0 Å². The molecule has 1 fully saturated rings. The molecule has 31 heavy (non-hydrogen) atoms. The van der Waals surface area contributed by atoms with Crippen LogP contribution in [0.2, 0.25) is 5.02 Å². The van der Waals surface area contributed by atoms with Crippen molar-refractivity contribution in [1.82, 2.24) is 14.3 Å². The van der Waals surface area contributed by atoms with E-state index in [0.717, 1.165) is 25.4 Å². The fourth-order valence-corrected chi connectivity index (χ4v) is 8.22. The summed E-state index contributed by atoms with van der Waals surface area (Å²) in [7, 11) is -3.49. The maximum atomic E-state index is 13.0. The van der Waals surface area contributed by atoms with Crippen LogP contribution in [0.25, 0.3) is 21.6 Å². The number of thiophene rings is 2. The summed E-state index contributed by atoms with van der Waals surface area (Å²) in [5.74, 6) is 1.40. The molecule has 0 radical (unpaired) electrons. The standard InChI is InChI=1S/C20H16BrClN4O2S3/c21-16-5-6-17(30-16)31(27,28)26-10-8-25(9-11-26)20-13-3-1-2-4-15(13)23-19(24-20)18-14(22)7-12-29-18/h1-7,12H,8-11H2. The van der Waals surface area contributed by atoms with Crippen molar-refractivity contribution in [3.8, 4) is 10.7 Å². The summed E-state index contributed by atoms with van der Waals surface area (Å²) in [5, 5.41) is 3.49. The van der Waals surface area contributed by atoms with Crippen LogP contribution >= 0.6 is 50.2 Å². The highest BCUT2D eigenvalue weighted by molar-refractivity contribution is 9.11. The van der Waals surface area contributed by atoms with Crippen molar-refractivity contribution in [2.75, 3.05) is 31.1 Å². The van der Waals surface area contributed by atoms with E-state index in [1.54, 1.807) is 16.4 Å². The van der Waals surface area contributed by atoms with E-state index in [4.69, 9.17) is 21.6 Å². The first-order valence-corrected chi connectivity index (χ1v) is 13.7. The second-order valence-electron chi connectivity index (χ2n) is 6.94. The Kier molecular flexibility index (Phi) is 5.78. The summed E-state index contributed by atoms with van der Waals surface area (Å²) >= 11 is 12.4. The van der Waals surface area contributed by atoms with Crippen molar-refractivity contribution >= 4 is 76.9 Å². The first-order valence-electron chi connectivity index (χ1n) is 9.44. The Bertz CT molecular complexity index is 1360. The molecular weight excluding hydrogens is 540 g/mol. The molecule has 0 unspecified atom stereocenters. The smallest absolute Gasteiger partial charge is 0.252 e. The Balaban J connectivity index is 1.46.